The number of morpholine rings is 1. The average Bonchev–Trinajstić information content (AvgIpc) is 3.43. The molecular formula is C22H33F3N2O4. The molecule has 0 bridgehead atoms. The first kappa shape index (κ1) is 22.8. The molecule has 1 spiro atoms. The molecule has 2 saturated heterocycles. The minimum atomic E-state index is -4.38. The standard InChI is InChI=1S/C22H33F3N2O4/c1-15(10-22(23,24)25)19(29)26-9-8-21(30,20(13-26)6-2-3-7-20)14-27-11-17(16-4-5-16)31-12-18(27)28/h15-17,30H,2-14H2,1H3/t15-,17?,21?/m1/s1. The Kier molecular flexibility index (Phi) is 6.05. The number of alkyl halides is 3. The van der Waals surface area contributed by atoms with Crippen molar-refractivity contribution in [3.63, 3.8) is 0 Å². The van der Waals surface area contributed by atoms with Gasteiger partial charge in [-0.15, -0.1) is 0 Å². The first-order valence-electron chi connectivity index (χ1n) is 11.5. The number of piperidine rings is 1. The lowest BCUT2D eigenvalue weighted by atomic mass is 9.65. The normalized spacial score (nSPS) is 32.5. The predicted molar refractivity (Wildman–Crippen MR) is 106 cm³/mol. The molecule has 9 heteroatoms. The van der Waals surface area contributed by atoms with Gasteiger partial charge in [-0.3, -0.25) is 9.59 Å². The number of carbonyl (C=O) groups excluding carboxylic acids is 2. The summed E-state index contributed by atoms with van der Waals surface area (Å²) in [5.74, 6) is -1.28. The van der Waals surface area contributed by atoms with Crippen LogP contribution in [0, 0.1) is 17.3 Å². The molecule has 4 rings (SSSR count). The largest absolute Gasteiger partial charge is 0.389 e. The van der Waals surface area contributed by atoms with Crippen LogP contribution in [0.3, 0.4) is 0 Å². The van der Waals surface area contributed by atoms with Crippen LogP contribution >= 0.6 is 0 Å². The summed E-state index contributed by atoms with van der Waals surface area (Å²) >= 11 is 0. The number of nitrogens with zero attached hydrogens (tertiary/aromatic N) is 2. The minimum absolute atomic E-state index is 0.0192. The summed E-state index contributed by atoms with van der Waals surface area (Å²) in [6.07, 6.45) is 0.227. The Morgan fingerprint density at radius 1 is 1.26 bits per heavy atom. The molecule has 2 amide bonds. The number of β-amino-alcohol motifs (C(OH)–C–C–N with tert-alkyl or cyclic N) is 1. The number of ether oxygens (including phenoxy) is 1. The molecule has 2 aliphatic heterocycles. The van der Waals surface area contributed by atoms with Crippen molar-refractivity contribution >= 4 is 11.8 Å². The number of aliphatic hydroxyl groups is 1. The molecule has 0 aromatic heterocycles. The fraction of sp³-hybridized carbons (Fsp3) is 0.909. The monoisotopic (exact) mass is 446 g/mol. The number of amides is 2. The van der Waals surface area contributed by atoms with Crippen LogP contribution in [0.2, 0.25) is 0 Å². The van der Waals surface area contributed by atoms with Crippen LogP contribution in [0.1, 0.15) is 58.3 Å². The minimum Gasteiger partial charge on any atom is -0.387 e. The number of hydrogen-bond acceptors (Lipinski definition) is 4. The third-order valence-electron chi connectivity index (χ3n) is 7.88. The van der Waals surface area contributed by atoms with E-state index in [2.05, 4.69) is 0 Å². The van der Waals surface area contributed by atoms with Crippen molar-refractivity contribution in [2.75, 3.05) is 32.8 Å². The van der Waals surface area contributed by atoms with Crippen molar-refractivity contribution in [1.29, 1.82) is 0 Å². The van der Waals surface area contributed by atoms with Gasteiger partial charge in [0.05, 0.1) is 24.7 Å². The summed E-state index contributed by atoms with van der Waals surface area (Å²) in [5, 5.41) is 11.8. The van der Waals surface area contributed by atoms with Crippen molar-refractivity contribution < 1.29 is 32.6 Å². The lowest BCUT2D eigenvalue weighted by Gasteiger charge is -2.54. The second-order valence-electron chi connectivity index (χ2n) is 10.2. The van der Waals surface area contributed by atoms with Crippen LogP contribution in [0.25, 0.3) is 0 Å². The molecule has 4 aliphatic rings. The number of halogens is 3. The van der Waals surface area contributed by atoms with Crippen LogP contribution < -0.4 is 0 Å². The van der Waals surface area contributed by atoms with Crippen molar-refractivity contribution in [3.8, 4) is 0 Å². The third kappa shape index (κ3) is 4.72. The van der Waals surface area contributed by atoms with Gasteiger partial charge in [0.15, 0.2) is 0 Å². The predicted octanol–water partition coefficient (Wildman–Crippen LogP) is 2.74. The molecule has 2 unspecified atom stereocenters. The zero-order valence-electron chi connectivity index (χ0n) is 18.1. The van der Waals surface area contributed by atoms with Crippen molar-refractivity contribution in [3.05, 3.63) is 0 Å². The Balaban J connectivity index is 1.47. The number of likely N-dealkylation sites (tertiary alicyclic amines) is 1. The molecule has 176 valence electrons. The van der Waals surface area contributed by atoms with Crippen molar-refractivity contribution in [1.82, 2.24) is 9.80 Å². The zero-order chi connectivity index (χ0) is 22.4. The second-order valence-corrected chi connectivity index (χ2v) is 10.2. The highest BCUT2D eigenvalue weighted by Gasteiger charge is 2.57. The Morgan fingerprint density at radius 3 is 2.55 bits per heavy atom. The zero-order valence-corrected chi connectivity index (χ0v) is 18.1. The first-order valence-corrected chi connectivity index (χ1v) is 11.5. The number of hydrogen-bond donors (Lipinski definition) is 1. The van der Waals surface area contributed by atoms with Gasteiger partial charge in [0.2, 0.25) is 11.8 Å². The fourth-order valence-corrected chi connectivity index (χ4v) is 5.90. The maximum atomic E-state index is 12.8. The smallest absolute Gasteiger partial charge is 0.387 e. The van der Waals surface area contributed by atoms with Crippen molar-refractivity contribution in [2.45, 2.75) is 76.2 Å². The van der Waals surface area contributed by atoms with Gasteiger partial charge in [0.25, 0.3) is 0 Å². The van der Waals surface area contributed by atoms with Gasteiger partial charge >= 0.3 is 6.18 Å². The molecule has 0 radical (unpaired) electrons. The van der Waals surface area contributed by atoms with E-state index < -0.39 is 35.4 Å². The molecule has 0 aromatic carbocycles. The van der Waals surface area contributed by atoms with E-state index in [9.17, 15) is 27.9 Å². The van der Waals surface area contributed by atoms with Crippen LogP contribution in [0.4, 0.5) is 13.2 Å². The molecule has 1 N–H and O–H groups in total. The van der Waals surface area contributed by atoms with E-state index in [1.54, 1.807) is 4.90 Å². The Bertz CT molecular complexity index is 705. The van der Waals surface area contributed by atoms with E-state index in [-0.39, 0.29) is 44.7 Å². The van der Waals surface area contributed by atoms with E-state index >= 15 is 0 Å². The maximum absolute atomic E-state index is 12.8. The number of rotatable bonds is 5. The van der Waals surface area contributed by atoms with E-state index in [4.69, 9.17) is 4.74 Å². The van der Waals surface area contributed by atoms with Crippen LogP contribution in [-0.4, -0.2) is 77.4 Å². The summed E-state index contributed by atoms with van der Waals surface area (Å²) < 4.78 is 44.0. The average molecular weight is 447 g/mol. The highest BCUT2D eigenvalue weighted by atomic mass is 19.4. The van der Waals surface area contributed by atoms with E-state index in [0.717, 1.165) is 25.7 Å². The lowest BCUT2D eigenvalue weighted by molar-refractivity contribution is -0.181. The maximum Gasteiger partial charge on any atom is 0.389 e. The molecule has 31 heavy (non-hydrogen) atoms. The second kappa shape index (κ2) is 8.21. The van der Waals surface area contributed by atoms with Gasteiger partial charge in [-0.25, -0.2) is 0 Å². The van der Waals surface area contributed by atoms with E-state index in [1.165, 1.54) is 11.8 Å². The van der Waals surface area contributed by atoms with E-state index in [0.29, 0.717) is 25.3 Å². The van der Waals surface area contributed by atoms with Crippen molar-refractivity contribution in [2.24, 2.45) is 17.3 Å². The van der Waals surface area contributed by atoms with Crippen LogP contribution in [0.15, 0.2) is 0 Å². The Hall–Kier alpha value is -1.35. The van der Waals surface area contributed by atoms with Gasteiger partial charge < -0.3 is 19.6 Å². The lowest BCUT2D eigenvalue weighted by Crippen LogP contribution is -2.66. The Labute approximate surface area is 181 Å². The Morgan fingerprint density at radius 2 is 1.94 bits per heavy atom. The third-order valence-corrected chi connectivity index (χ3v) is 7.88. The van der Waals surface area contributed by atoms with Crippen LogP contribution in [0.5, 0.6) is 0 Å². The first-order chi connectivity index (χ1) is 14.5. The summed E-state index contributed by atoms with van der Waals surface area (Å²) in [4.78, 5) is 28.5. The van der Waals surface area contributed by atoms with E-state index in [1.807, 2.05) is 0 Å². The highest BCUT2D eigenvalue weighted by Crippen LogP contribution is 2.52. The molecule has 2 saturated carbocycles. The molecular weight excluding hydrogens is 413 g/mol. The summed E-state index contributed by atoms with van der Waals surface area (Å²) in [5.41, 5.74) is -1.72. The van der Waals surface area contributed by atoms with Gasteiger partial charge in [-0.1, -0.05) is 19.8 Å². The molecule has 3 atom stereocenters. The van der Waals surface area contributed by atoms with Crippen LogP contribution in [-0.2, 0) is 14.3 Å². The quantitative estimate of drug-likeness (QED) is 0.705. The summed E-state index contributed by atoms with van der Waals surface area (Å²) in [6, 6.07) is 0. The number of carbonyl (C=O) groups is 2. The summed E-state index contributed by atoms with van der Waals surface area (Å²) in [6.45, 7) is 2.51. The van der Waals surface area contributed by atoms with Gasteiger partial charge in [0, 0.05) is 31.0 Å². The fourth-order valence-electron chi connectivity index (χ4n) is 5.90. The molecule has 2 heterocycles. The van der Waals surface area contributed by atoms with Gasteiger partial charge in [-0.2, -0.15) is 13.2 Å². The molecule has 4 fully saturated rings. The SMILES string of the molecule is C[C@H](CC(F)(F)F)C(=O)N1CCC(O)(CN2CC(C3CC3)OCC2=O)C2(CCCC2)C1. The highest BCUT2D eigenvalue weighted by molar-refractivity contribution is 5.79. The molecule has 2 aliphatic carbocycles. The molecule has 0 aromatic rings. The van der Waals surface area contributed by atoms with Gasteiger partial charge in [0.1, 0.15) is 6.61 Å². The topological polar surface area (TPSA) is 70.1 Å². The molecule has 6 nitrogen and oxygen atoms in total. The van der Waals surface area contributed by atoms with Gasteiger partial charge in [-0.05, 0) is 38.0 Å². The summed E-state index contributed by atoms with van der Waals surface area (Å²) in [7, 11) is 0.